The molecule has 0 aliphatic heterocycles. The minimum atomic E-state index is -1.12. The Hall–Kier alpha value is -0.920. The number of carboxylic acid groups (broad SMARTS) is 1. The van der Waals surface area contributed by atoms with Gasteiger partial charge in [0, 0.05) is 25.9 Å². The maximum absolute atomic E-state index is 9.60. The Labute approximate surface area is 42.5 Å². The third kappa shape index (κ3) is 5.08. The van der Waals surface area contributed by atoms with E-state index in [2.05, 4.69) is 13.5 Å². The minimum absolute atomic E-state index is 0.139. The van der Waals surface area contributed by atoms with Crippen LogP contribution >= 0.6 is 0 Å². The topological polar surface area (TPSA) is 40.1 Å². The van der Waals surface area contributed by atoms with Crippen molar-refractivity contribution in [1.29, 1.82) is 0 Å². The highest BCUT2D eigenvalue weighted by Crippen LogP contribution is 1.89. The zero-order valence-corrected chi connectivity index (χ0v) is 3.94. The van der Waals surface area contributed by atoms with Gasteiger partial charge >= 0.3 is 0 Å². The van der Waals surface area contributed by atoms with Gasteiger partial charge in [0.15, 0.2) is 0 Å². The van der Waals surface area contributed by atoms with Crippen LogP contribution in [-0.4, -0.2) is 5.97 Å². The summed E-state index contributed by atoms with van der Waals surface area (Å²) in [7, 11) is 0. The largest absolute Gasteiger partial charge is 0.550 e. The molecule has 0 aliphatic rings. The van der Waals surface area contributed by atoms with E-state index < -0.39 is 5.97 Å². The molecule has 38 valence electrons. The molecule has 0 saturated heterocycles. The van der Waals surface area contributed by atoms with E-state index in [-0.39, 0.29) is 6.42 Å². The molecular weight excluding hydrogens is 92.1 g/mol. The molecular formula is C5H6O2. The van der Waals surface area contributed by atoms with Gasteiger partial charge < -0.3 is 9.90 Å². The summed E-state index contributed by atoms with van der Waals surface area (Å²) in [5, 5.41) is 9.60. The first-order valence-corrected chi connectivity index (χ1v) is 1.82. The second-order valence-corrected chi connectivity index (χ2v) is 1.30. The van der Waals surface area contributed by atoms with Crippen LogP contribution in [0.4, 0.5) is 0 Å². The van der Waals surface area contributed by atoms with Crippen LogP contribution < -0.4 is 5.11 Å². The summed E-state index contributed by atoms with van der Waals surface area (Å²) in [6.45, 7) is 6.53. The summed E-state index contributed by atoms with van der Waals surface area (Å²) in [6, 6.07) is 0. The number of carbonyl (C=O) groups is 1. The summed E-state index contributed by atoms with van der Waals surface area (Å²) in [5.41, 5.74) is 0.375. The third-order valence-corrected chi connectivity index (χ3v) is 0.394. The molecule has 0 aliphatic carbocycles. The molecule has 0 saturated carbocycles. The van der Waals surface area contributed by atoms with Crippen molar-refractivity contribution in [1.82, 2.24) is 0 Å². The van der Waals surface area contributed by atoms with Crippen molar-refractivity contribution in [3.8, 4) is 0 Å². The molecule has 0 rings (SSSR count). The monoisotopic (exact) mass is 98.0 g/mol. The molecule has 0 unspecified atom stereocenters. The summed E-state index contributed by atoms with van der Waals surface area (Å²) >= 11 is 0. The van der Waals surface area contributed by atoms with E-state index in [1.807, 2.05) is 0 Å². The van der Waals surface area contributed by atoms with Gasteiger partial charge in [0.05, 0.1) is 0 Å². The van der Waals surface area contributed by atoms with Gasteiger partial charge in [-0.15, -0.1) is 0 Å². The highest BCUT2D eigenvalue weighted by molar-refractivity contribution is 5.67. The predicted molar refractivity (Wildman–Crippen MR) is 24.1 cm³/mol. The Morgan fingerprint density at radius 1 is 1.86 bits per heavy atom. The zero-order chi connectivity index (χ0) is 5.86. The van der Waals surface area contributed by atoms with Crippen LogP contribution in [0.5, 0.6) is 0 Å². The van der Waals surface area contributed by atoms with Crippen molar-refractivity contribution >= 4 is 5.97 Å². The number of aliphatic carboxylic acids is 1. The summed E-state index contributed by atoms with van der Waals surface area (Å²) in [4.78, 5) is 9.60. The lowest BCUT2D eigenvalue weighted by molar-refractivity contribution is -0.304. The Balaban J connectivity index is 3.32. The minimum Gasteiger partial charge on any atom is -0.550 e. The van der Waals surface area contributed by atoms with Crippen molar-refractivity contribution in [3.05, 3.63) is 19.1 Å². The first-order chi connectivity index (χ1) is 3.13. The van der Waals surface area contributed by atoms with Crippen molar-refractivity contribution in [2.75, 3.05) is 0 Å². The van der Waals surface area contributed by atoms with Crippen LogP contribution in [0.3, 0.4) is 0 Å². The van der Waals surface area contributed by atoms with Crippen molar-refractivity contribution < 1.29 is 9.90 Å². The van der Waals surface area contributed by atoms with Gasteiger partial charge in [-0.05, 0) is 0 Å². The fourth-order valence-corrected chi connectivity index (χ4v) is 0.204. The van der Waals surface area contributed by atoms with Crippen LogP contribution in [-0.2, 0) is 4.79 Å². The molecule has 0 bridgehead atoms. The Morgan fingerprint density at radius 2 is 2.29 bits per heavy atom. The first-order valence-electron chi connectivity index (χ1n) is 1.82. The maximum atomic E-state index is 9.60. The van der Waals surface area contributed by atoms with E-state index in [4.69, 9.17) is 0 Å². The second-order valence-electron chi connectivity index (χ2n) is 1.30. The van der Waals surface area contributed by atoms with Crippen molar-refractivity contribution in [2.45, 2.75) is 6.42 Å². The summed E-state index contributed by atoms with van der Waals surface area (Å²) in [6.07, 6.45) is -0.139. The molecule has 2 nitrogen and oxygen atoms in total. The summed E-state index contributed by atoms with van der Waals surface area (Å²) < 4.78 is 0. The molecule has 0 spiro atoms. The predicted octanol–water partition coefficient (Wildman–Crippen LogP) is -0.483. The van der Waals surface area contributed by atoms with Crippen LogP contribution in [0.25, 0.3) is 0 Å². The number of hydrogen-bond acceptors (Lipinski definition) is 2. The highest BCUT2D eigenvalue weighted by atomic mass is 16.4. The summed E-state index contributed by atoms with van der Waals surface area (Å²) in [5.74, 6) is -1.12. The Bertz CT molecular complexity index is 82.3. The van der Waals surface area contributed by atoms with Crippen LogP contribution in [0.2, 0.25) is 0 Å². The first kappa shape index (κ1) is 6.08. The molecule has 0 amide bonds. The number of hydrogen-bond donors (Lipinski definition) is 0. The average Bonchev–Trinajstić information content (AvgIpc) is 1.27. The third-order valence-electron chi connectivity index (χ3n) is 0.394. The van der Waals surface area contributed by atoms with E-state index in [0.29, 0.717) is 5.57 Å². The SMILES string of the molecule is C=C([CH2+])CC(=O)[O-]. The molecule has 0 fully saturated rings. The molecule has 0 aromatic carbocycles. The average molecular weight is 98.1 g/mol. The van der Waals surface area contributed by atoms with Gasteiger partial charge in [-0.3, -0.25) is 0 Å². The molecule has 2 heteroatoms. The smallest absolute Gasteiger partial charge is 0.102 e. The lowest BCUT2D eigenvalue weighted by Gasteiger charge is -1.91. The van der Waals surface area contributed by atoms with Gasteiger partial charge in [0.1, 0.15) is 5.57 Å². The fraction of sp³-hybridized carbons (Fsp3) is 0.200. The van der Waals surface area contributed by atoms with Crippen LogP contribution in [0.15, 0.2) is 12.2 Å². The normalized spacial score (nSPS) is 8.00. The number of carbonyl (C=O) groups excluding carboxylic acids is 1. The van der Waals surface area contributed by atoms with Crippen molar-refractivity contribution in [2.24, 2.45) is 0 Å². The molecule has 0 atom stereocenters. The Morgan fingerprint density at radius 3 is 2.29 bits per heavy atom. The number of rotatable bonds is 2. The standard InChI is InChI=1S/C5H6O2/c1-4(2)3-5(6)7/h1-3H2. The number of carboxylic acids is 1. The highest BCUT2D eigenvalue weighted by Gasteiger charge is 1.89. The Kier molecular flexibility index (Phi) is 1.99. The van der Waals surface area contributed by atoms with E-state index in [1.54, 1.807) is 0 Å². The van der Waals surface area contributed by atoms with Gasteiger partial charge in [0.25, 0.3) is 0 Å². The quantitative estimate of drug-likeness (QED) is 0.437. The zero-order valence-electron chi connectivity index (χ0n) is 3.94. The molecule has 0 aromatic heterocycles. The van der Waals surface area contributed by atoms with Crippen LogP contribution in [0.1, 0.15) is 6.42 Å². The van der Waals surface area contributed by atoms with E-state index in [9.17, 15) is 9.90 Å². The van der Waals surface area contributed by atoms with Gasteiger partial charge in [0.2, 0.25) is 0 Å². The van der Waals surface area contributed by atoms with Crippen LogP contribution in [0, 0.1) is 6.92 Å². The molecule has 0 heterocycles. The van der Waals surface area contributed by atoms with Gasteiger partial charge in [-0.2, -0.15) is 0 Å². The molecule has 0 radical (unpaired) electrons. The second kappa shape index (κ2) is 2.29. The molecule has 7 heavy (non-hydrogen) atoms. The molecule has 0 N–H and O–H groups in total. The van der Waals surface area contributed by atoms with E-state index >= 15 is 0 Å². The van der Waals surface area contributed by atoms with Gasteiger partial charge in [-0.25, -0.2) is 0 Å². The maximum Gasteiger partial charge on any atom is 0.102 e. The lowest BCUT2D eigenvalue weighted by Crippen LogP contribution is -2.21. The fourth-order valence-electron chi connectivity index (χ4n) is 0.204. The van der Waals surface area contributed by atoms with E-state index in [1.165, 1.54) is 0 Å². The van der Waals surface area contributed by atoms with Crippen molar-refractivity contribution in [3.63, 3.8) is 0 Å². The lowest BCUT2D eigenvalue weighted by atomic mass is 10.2. The van der Waals surface area contributed by atoms with E-state index in [0.717, 1.165) is 0 Å². The van der Waals surface area contributed by atoms with Gasteiger partial charge in [-0.1, -0.05) is 0 Å². The molecule has 0 aromatic rings.